The van der Waals surface area contributed by atoms with Gasteiger partial charge in [0.05, 0.1) is 0 Å². The number of carbonyl (C=O) groups excluding carboxylic acids is 1. The van der Waals surface area contributed by atoms with E-state index in [1.165, 1.54) is 11.1 Å². The van der Waals surface area contributed by atoms with Crippen LogP contribution in [0.5, 0.6) is 5.75 Å². The Morgan fingerprint density at radius 2 is 1.88 bits per heavy atom. The first-order valence-corrected chi connectivity index (χ1v) is 8.89. The molecule has 3 heteroatoms. The fourth-order valence-corrected chi connectivity index (χ4v) is 3.31. The van der Waals surface area contributed by atoms with E-state index in [4.69, 9.17) is 9.47 Å². The summed E-state index contributed by atoms with van der Waals surface area (Å²) in [4.78, 5) is 12.0. The maximum Gasteiger partial charge on any atom is 0.344 e. The fourth-order valence-electron chi connectivity index (χ4n) is 3.31. The maximum absolute atomic E-state index is 12.0. The molecule has 0 N–H and O–H groups in total. The van der Waals surface area contributed by atoms with Crippen LogP contribution in [0.3, 0.4) is 0 Å². The van der Waals surface area contributed by atoms with Gasteiger partial charge in [-0.25, -0.2) is 4.79 Å². The van der Waals surface area contributed by atoms with Crippen LogP contribution < -0.4 is 4.74 Å². The zero-order valence-electron chi connectivity index (χ0n) is 15.2. The van der Waals surface area contributed by atoms with Gasteiger partial charge in [-0.1, -0.05) is 63.2 Å². The first kappa shape index (κ1) is 17.5. The van der Waals surface area contributed by atoms with Gasteiger partial charge in [-0.15, -0.1) is 0 Å². The second kappa shape index (κ2) is 7.30. The Morgan fingerprint density at radius 3 is 2.64 bits per heavy atom. The number of esters is 1. The van der Waals surface area contributed by atoms with Gasteiger partial charge in [0, 0.05) is 0 Å². The van der Waals surface area contributed by atoms with E-state index in [9.17, 15) is 4.79 Å². The molecule has 132 valence electrons. The molecule has 2 aromatic carbocycles. The minimum atomic E-state index is -0.342. The third-order valence-corrected chi connectivity index (χ3v) is 5.31. The Morgan fingerprint density at radius 1 is 1.12 bits per heavy atom. The van der Waals surface area contributed by atoms with Gasteiger partial charge in [0.1, 0.15) is 12.4 Å². The van der Waals surface area contributed by atoms with Crippen LogP contribution >= 0.6 is 0 Å². The Balaban J connectivity index is 1.60. The molecule has 0 saturated carbocycles. The van der Waals surface area contributed by atoms with E-state index in [-0.39, 0.29) is 19.2 Å². The summed E-state index contributed by atoms with van der Waals surface area (Å²) < 4.78 is 11.1. The van der Waals surface area contributed by atoms with Gasteiger partial charge < -0.3 is 9.47 Å². The fraction of sp³-hybridized carbons (Fsp3) is 0.409. The second-order valence-corrected chi connectivity index (χ2v) is 7.60. The molecule has 0 heterocycles. The largest absolute Gasteiger partial charge is 0.482 e. The summed E-state index contributed by atoms with van der Waals surface area (Å²) in [7, 11) is 0. The quantitative estimate of drug-likeness (QED) is 0.749. The minimum Gasteiger partial charge on any atom is -0.482 e. The van der Waals surface area contributed by atoms with E-state index in [2.05, 4.69) is 26.8 Å². The lowest BCUT2D eigenvalue weighted by molar-refractivity contribution is -0.147. The van der Waals surface area contributed by atoms with Crippen LogP contribution in [0.1, 0.15) is 37.5 Å². The molecule has 0 radical (unpaired) electrons. The van der Waals surface area contributed by atoms with Crippen molar-refractivity contribution >= 4 is 5.97 Å². The van der Waals surface area contributed by atoms with Gasteiger partial charge in [-0.3, -0.25) is 0 Å². The zero-order chi connectivity index (χ0) is 17.9. The highest BCUT2D eigenvalue weighted by molar-refractivity contribution is 5.71. The van der Waals surface area contributed by atoms with Gasteiger partial charge in [0.15, 0.2) is 6.61 Å². The predicted octanol–water partition coefficient (Wildman–Crippen LogP) is 4.57. The van der Waals surface area contributed by atoms with Gasteiger partial charge in [-0.05, 0) is 46.9 Å². The molecule has 3 rings (SSSR count). The molecule has 0 aliphatic heterocycles. The molecule has 25 heavy (non-hydrogen) atoms. The Labute approximate surface area is 150 Å². The SMILES string of the molecule is CC1Cc2c(cccc2OCC(=O)OCc2ccccc2)CC1(C)C. The normalized spacial score (nSPS) is 18.3. The minimum absolute atomic E-state index is 0.0545. The van der Waals surface area contributed by atoms with Crippen molar-refractivity contribution in [3.63, 3.8) is 0 Å². The van der Waals surface area contributed by atoms with Crippen LogP contribution in [0.15, 0.2) is 48.5 Å². The maximum atomic E-state index is 12.0. The van der Waals surface area contributed by atoms with Gasteiger partial charge in [0.25, 0.3) is 0 Å². The molecule has 1 unspecified atom stereocenters. The summed E-state index contributed by atoms with van der Waals surface area (Å²) in [6.07, 6.45) is 2.02. The number of hydrogen-bond donors (Lipinski definition) is 0. The average molecular weight is 338 g/mol. The average Bonchev–Trinajstić information content (AvgIpc) is 2.60. The first-order chi connectivity index (χ1) is 12.0. The van der Waals surface area contributed by atoms with Gasteiger partial charge in [0.2, 0.25) is 0 Å². The number of rotatable bonds is 5. The molecule has 0 aromatic heterocycles. The molecule has 1 atom stereocenters. The predicted molar refractivity (Wildman–Crippen MR) is 98.5 cm³/mol. The van der Waals surface area contributed by atoms with Crippen molar-refractivity contribution in [2.45, 2.75) is 40.2 Å². The van der Waals surface area contributed by atoms with Gasteiger partial charge >= 0.3 is 5.97 Å². The Kier molecular flexibility index (Phi) is 5.12. The van der Waals surface area contributed by atoms with Gasteiger partial charge in [-0.2, -0.15) is 0 Å². The van der Waals surface area contributed by atoms with Crippen LogP contribution in [0.25, 0.3) is 0 Å². The standard InChI is InChI=1S/C22H26O3/c1-16-12-19-18(13-22(16,2)3)10-7-11-20(19)24-15-21(23)25-14-17-8-5-4-6-9-17/h4-11,16H,12-15H2,1-3H3. The van der Waals surface area contributed by atoms with Crippen LogP contribution in [0.4, 0.5) is 0 Å². The molecule has 3 nitrogen and oxygen atoms in total. The first-order valence-electron chi connectivity index (χ1n) is 8.89. The van der Waals surface area contributed by atoms with Crippen LogP contribution in [0.2, 0.25) is 0 Å². The van der Waals surface area contributed by atoms with Crippen LogP contribution in [-0.4, -0.2) is 12.6 Å². The highest BCUT2D eigenvalue weighted by Crippen LogP contribution is 2.42. The number of fused-ring (bicyclic) bond motifs is 1. The molecular weight excluding hydrogens is 312 g/mol. The van der Waals surface area contributed by atoms with E-state index in [1.54, 1.807) is 0 Å². The van der Waals surface area contributed by atoms with E-state index >= 15 is 0 Å². The molecular formula is C22H26O3. The smallest absolute Gasteiger partial charge is 0.344 e. The van der Waals surface area contributed by atoms with Crippen molar-refractivity contribution in [1.82, 2.24) is 0 Å². The van der Waals surface area contributed by atoms with Crippen molar-refractivity contribution in [3.8, 4) is 5.75 Å². The lowest BCUT2D eigenvalue weighted by Crippen LogP contribution is -2.31. The van der Waals surface area contributed by atoms with Crippen molar-refractivity contribution in [2.24, 2.45) is 11.3 Å². The summed E-state index contributed by atoms with van der Waals surface area (Å²) in [5.74, 6) is 1.05. The topological polar surface area (TPSA) is 35.5 Å². The number of hydrogen-bond acceptors (Lipinski definition) is 3. The Bertz CT molecular complexity index is 734. The summed E-state index contributed by atoms with van der Waals surface area (Å²) >= 11 is 0. The summed E-state index contributed by atoms with van der Waals surface area (Å²) in [6, 6.07) is 15.8. The third kappa shape index (κ3) is 4.22. The number of ether oxygens (including phenoxy) is 2. The molecule has 0 fully saturated rings. The van der Waals surface area contributed by atoms with E-state index in [1.807, 2.05) is 42.5 Å². The van der Waals surface area contributed by atoms with Crippen molar-refractivity contribution in [1.29, 1.82) is 0 Å². The highest BCUT2D eigenvalue weighted by Gasteiger charge is 2.33. The molecule has 1 aliphatic carbocycles. The molecule has 2 aromatic rings. The molecule has 0 spiro atoms. The summed E-state index contributed by atoms with van der Waals surface area (Å²) in [5, 5.41) is 0. The van der Waals surface area contributed by atoms with Crippen LogP contribution in [0, 0.1) is 11.3 Å². The third-order valence-electron chi connectivity index (χ3n) is 5.31. The van der Waals surface area contributed by atoms with Crippen molar-refractivity contribution < 1.29 is 14.3 Å². The van der Waals surface area contributed by atoms with Crippen molar-refractivity contribution in [3.05, 3.63) is 65.2 Å². The molecule has 0 amide bonds. The lowest BCUT2D eigenvalue weighted by Gasteiger charge is -2.38. The highest BCUT2D eigenvalue weighted by atomic mass is 16.6. The number of carbonyl (C=O) groups is 1. The monoisotopic (exact) mass is 338 g/mol. The van der Waals surface area contributed by atoms with E-state index in [0.717, 1.165) is 24.2 Å². The van der Waals surface area contributed by atoms with E-state index in [0.29, 0.717) is 11.3 Å². The summed E-state index contributed by atoms with van der Waals surface area (Å²) in [6.45, 7) is 7.14. The summed E-state index contributed by atoms with van der Waals surface area (Å²) in [5.41, 5.74) is 3.84. The zero-order valence-corrected chi connectivity index (χ0v) is 15.2. The second-order valence-electron chi connectivity index (χ2n) is 7.60. The Hall–Kier alpha value is -2.29. The molecule has 0 bridgehead atoms. The lowest BCUT2D eigenvalue weighted by atomic mass is 9.67. The number of benzene rings is 2. The molecule has 1 aliphatic rings. The van der Waals surface area contributed by atoms with E-state index < -0.39 is 0 Å². The van der Waals surface area contributed by atoms with Crippen molar-refractivity contribution in [2.75, 3.05) is 6.61 Å². The molecule has 0 saturated heterocycles. The van der Waals surface area contributed by atoms with Crippen LogP contribution in [-0.2, 0) is 29.0 Å².